The number of carbonyl (C=O) groups excluding carboxylic acids is 1. The van der Waals surface area contributed by atoms with Gasteiger partial charge >= 0.3 is 13.1 Å². The van der Waals surface area contributed by atoms with Gasteiger partial charge in [0.1, 0.15) is 6.33 Å². The number of fused-ring (bicyclic) bond motifs is 1. The zero-order chi connectivity index (χ0) is 12.4. The fourth-order valence-electron chi connectivity index (χ4n) is 1.60. The molecular formula is C10H9BN2O4. The van der Waals surface area contributed by atoms with Crippen LogP contribution in [0.1, 0.15) is 10.5 Å². The zero-order valence-electron chi connectivity index (χ0n) is 8.99. The van der Waals surface area contributed by atoms with Crippen LogP contribution in [-0.4, -0.2) is 40.2 Å². The summed E-state index contributed by atoms with van der Waals surface area (Å²) in [5, 5.41) is 18.8. The van der Waals surface area contributed by atoms with Crippen molar-refractivity contribution < 1.29 is 19.6 Å². The molecule has 0 unspecified atom stereocenters. The number of carbonyl (C=O) groups is 1. The van der Waals surface area contributed by atoms with E-state index < -0.39 is 13.1 Å². The Morgan fingerprint density at radius 1 is 1.35 bits per heavy atom. The summed E-state index contributed by atoms with van der Waals surface area (Å²) in [5.74, 6) is -0.648. The lowest BCUT2D eigenvalue weighted by Crippen LogP contribution is -2.31. The average molecular weight is 232 g/mol. The molecule has 1 heterocycles. The largest absolute Gasteiger partial charge is 0.489 e. The normalized spacial score (nSPS) is 10.3. The van der Waals surface area contributed by atoms with Crippen molar-refractivity contribution in [2.75, 3.05) is 7.11 Å². The van der Waals surface area contributed by atoms with Gasteiger partial charge in [0.25, 0.3) is 0 Å². The monoisotopic (exact) mass is 232 g/mol. The third-order valence-electron chi connectivity index (χ3n) is 2.35. The predicted molar refractivity (Wildman–Crippen MR) is 60.7 cm³/mol. The van der Waals surface area contributed by atoms with E-state index in [1.165, 1.54) is 19.5 Å². The molecule has 2 N–H and O–H groups in total. The smallest absolute Gasteiger partial charge is 0.464 e. The van der Waals surface area contributed by atoms with E-state index in [0.717, 1.165) is 0 Å². The third-order valence-corrected chi connectivity index (χ3v) is 2.35. The number of ether oxygens (including phenoxy) is 1. The molecule has 0 atom stereocenters. The quantitative estimate of drug-likeness (QED) is 0.514. The van der Waals surface area contributed by atoms with Crippen molar-refractivity contribution in [1.29, 1.82) is 0 Å². The summed E-state index contributed by atoms with van der Waals surface area (Å²) in [5.41, 5.74) is 0.635. The molecule has 1 aromatic carbocycles. The highest BCUT2D eigenvalue weighted by Crippen LogP contribution is 2.13. The summed E-state index contributed by atoms with van der Waals surface area (Å²) in [4.78, 5) is 19.3. The van der Waals surface area contributed by atoms with Crippen LogP contribution in [0, 0.1) is 0 Å². The Morgan fingerprint density at radius 3 is 2.76 bits per heavy atom. The molecule has 0 aliphatic rings. The van der Waals surface area contributed by atoms with Gasteiger partial charge in [-0.25, -0.2) is 14.8 Å². The van der Waals surface area contributed by atoms with E-state index >= 15 is 0 Å². The highest BCUT2D eigenvalue weighted by atomic mass is 16.5. The van der Waals surface area contributed by atoms with Gasteiger partial charge in [0.05, 0.1) is 12.6 Å². The number of rotatable bonds is 2. The fraction of sp³-hybridized carbons (Fsp3) is 0.100. The summed E-state index contributed by atoms with van der Waals surface area (Å²) in [7, 11) is -0.470. The first kappa shape index (κ1) is 11.5. The molecule has 0 amide bonds. The molecule has 0 bridgehead atoms. The van der Waals surface area contributed by atoms with Crippen molar-refractivity contribution in [3.8, 4) is 0 Å². The molecule has 2 aromatic rings. The van der Waals surface area contributed by atoms with Crippen LogP contribution in [0.5, 0.6) is 0 Å². The second-order valence-corrected chi connectivity index (χ2v) is 3.33. The van der Waals surface area contributed by atoms with Gasteiger partial charge in [-0.15, -0.1) is 0 Å². The molecule has 2 rings (SSSR count). The van der Waals surface area contributed by atoms with Crippen LogP contribution in [0.15, 0.2) is 24.5 Å². The van der Waals surface area contributed by atoms with Crippen LogP contribution in [-0.2, 0) is 4.74 Å². The minimum atomic E-state index is -1.70. The molecule has 6 nitrogen and oxygen atoms in total. The first-order chi connectivity index (χ1) is 8.15. The van der Waals surface area contributed by atoms with Crippen LogP contribution >= 0.6 is 0 Å². The van der Waals surface area contributed by atoms with Crippen molar-refractivity contribution >= 4 is 29.5 Å². The van der Waals surface area contributed by atoms with Crippen LogP contribution in [0.4, 0.5) is 0 Å². The lowest BCUT2D eigenvalue weighted by molar-refractivity contribution is 0.0596. The predicted octanol–water partition coefficient (Wildman–Crippen LogP) is -0.904. The highest BCUT2D eigenvalue weighted by Gasteiger charge is 2.21. The summed E-state index contributed by atoms with van der Waals surface area (Å²) >= 11 is 0. The molecule has 0 fully saturated rings. The first-order valence-corrected chi connectivity index (χ1v) is 4.83. The molecule has 0 saturated heterocycles. The average Bonchev–Trinajstić information content (AvgIpc) is 2.36. The Labute approximate surface area is 97.0 Å². The second kappa shape index (κ2) is 4.48. The number of nitrogens with zero attached hydrogens (tertiary/aromatic N) is 2. The lowest BCUT2D eigenvalue weighted by atomic mass is 9.77. The topological polar surface area (TPSA) is 92.5 Å². The summed E-state index contributed by atoms with van der Waals surface area (Å²) < 4.78 is 4.59. The first-order valence-electron chi connectivity index (χ1n) is 4.83. The lowest BCUT2D eigenvalue weighted by Gasteiger charge is -2.07. The van der Waals surface area contributed by atoms with E-state index in [-0.39, 0.29) is 16.5 Å². The maximum absolute atomic E-state index is 11.5. The van der Waals surface area contributed by atoms with Crippen LogP contribution < -0.4 is 5.46 Å². The Balaban J connectivity index is 2.80. The van der Waals surface area contributed by atoms with Gasteiger partial charge in [0.15, 0.2) is 5.69 Å². The summed E-state index contributed by atoms with van der Waals surface area (Å²) in [6.07, 6.45) is 1.22. The number of methoxy groups -OCH3 is 1. The number of aromatic nitrogens is 2. The van der Waals surface area contributed by atoms with Crippen LogP contribution in [0.25, 0.3) is 10.9 Å². The zero-order valence-corrected chi connectivity index (χ0v) is 8.99. The maximum atomic E-state index is 11.5. The third kappa shape index (κ3) is 1.97. The van der Waals surface area contributed by atoms with Gasteiger partial charge in [-0.3, -0.25) is 0 Å². The molecule has 86 valence electrons. The second-order valence-electron chi connectivity index (χ2n) is 3.33. The van der Waals surface area contributed by atoms with Crippen LogP contribution in [0.2, 0.25) is 0 Å². The Morgan fingerprint density at radius 2 is 2.12 bits per heavy atom. The number of benzene rings is 1. The Bertz CT molecular complexity index is 568. The number of esters is 1. The van der Waals surface area contributed by atoms with Gasteiger partial charge in [0, 0.05) is 5.39 Å². The van der Waals surface area contributed by atoms with Gasteiger partial charge in [-0.2, -0.15) is 0 Å². The molecule has 17 heavy (non-hydrogen) atoms. The standard InChI is InChI=1S/C10H9BN2O4/c1-17-10(14)9-8-6(11(15)16)3-2-4-7(8)12-5-13-9/h2-5,15-16H,1H3. The van der Waals surface area contributed by atoms with Gasteiger partial charge in [-0.05, 0) is 11.5 Å². The SMILES string of the molecule is COC(=O)c1ncnc2cccc(B(O)O)c12. The minimum absolute atomic E-state index is 0.0150. The Kier molecular flexibility index (Phi) is 3.03. The molecule has 0 saturated carbocycles. The van der Waals surface area contributed by atoms with Crippen LogP contribution in [0.3, 0.4) is 0 Å². The minimum Gasteiger partial charge on any atom is -0.464 e. The van der Waals surface area contributed by atoms with E-state index in [1.807, 2.05) is 0 Å². The molecule has 0 aliphatic carbocycles. The van der Waals surface area contributed by atoms with Crippen molar-refractivity contribution in [1.82, 2.24) is 9.97 Å². The number of hydrogen-bond acceptors (Lipinski definition) is 6. The highest BCUT2D eigenvalue weighted by molar-refractivity contribution is 6.62. The molecule has 1 aromatic heterocycles. The fourth-order valence-corrected chi connectivity index (χ4v) is 1.60. The van der Waals surface area contributed by atoms with Gasteiger partial charge in [-0.1, -0.05) is 12.1 Å². The molecule has 0 spiro atoms. The van der Waals surface area contributed by atoms with Crippen molar-refractivity contribution in [2.45, 2.75) is 0 Å². The van der Waals surface area contributed by atoms with Crippen molar-refractivity contribution in [3.63, 3.8) is 0 Å². The molecule has 0 radical (unpaired) electrons. The van der Waals surface area contributed by atoms with E-state index in [9.17, 15) is 14.8 Å². The molecular weight excluding hydrogens is 223 g/mol. The summed E-state index contributed by atoms with van der Waals surface area (Å²) in [6.45, 7) is 0. The van der Waals surface area contributed by atoms with E-state index in [0.29, 0.717) is 5.52 Å². The van der Waals surface area contributed by atoms with E-state index in [4.69, 9.17) is 0 Å². The van der Waals surface area contributed by atoms with Crippen molar-refractivity contribution in [3.05, 3.63) is 30.2 Å². The molecule has 0 aliphatic heterocycles. The number of hydrogen-bond donors (Lipinski definition) is 2. The maximum Gasteiger partial charge on any atom is 0.489 e. The Hall–Kier alpha value is -1.99. The van der Waals surface area contributed by atoms with E-state index in [1.54, 1.807) is 12.1 Å². The van der Waals surface area contributed by atoms with E-state index in [2.05, 4.69) is 14.7 Å². The van der Waals surface area contributed by atoms with Gasteiger partial charge in [0.2, 0.25) is 0 Å². The van der Waals surface area contributed by atoms with Gasteiger partial charge < -0.3 is 14.8 Å². The molecule has 7 heteroatoms. The van der Waals surface area contributed by atoms with Crippen molar-refractivity contribution in [2.24, 2.45) is 0 Å². The summed E-state index contributed by atoms with van der Waals surface area (Å²) in [6, 6.07) is 4.75.